The molecular weight excluding hydrogens is 338 g/mol. The number of pyridine rings is 1. The van der Waals surface area contributed by atoms with Gasteiger partial charge < -0.3 is 15.0 Å². The van der Waals surface area contributed by atoms with Crippen molar-refractivity contribution in [3.05, 3.63) is 66.6 Å². The van der Waals surface area contributed by atoms with E-state index in [2.05, 4.69) is 25.2 Å². The van der Waals surface area contributed by atoms with E-state index in [1.165, 1.54) is 5.56 Å². The summed E-state index contributed by atoms with van der Waals surface area (Å²) < 4.78 is 5.66. The number of aromatic nitrogens is 3. The van der Waals surface area contributed by atoms with Crippen LogP contribution in [0.15, 0.2) is 61.1 Å². The Labute approximate surface area is 160 Å². The van der Waals surface area contributed by atoms with Crippen LogP contribution in [0, 0.1) is 0 Å². The van der Waals surface area contributed by atoms with Crippen LogP contribution in [-0.2, 0) is 6.42 Å². The number of rotatable bonds is 8. The molecule has 6 nitrogen and oxygen atoms in total. The van der Waals surface area contributed by atoms with Crippen LogP contribution in [0.4, 0.5) is 17.5 Å². The van der Waals surface area contributed by atoms with E-state index < -0.39 is 0 Å². The number of benzene rings is 1. The lowest BCUT2D eigenvalue weighted by Crippen LogP contribution is -2.21. The van der Waals surface area contributed by atoms with E-state index in [1.54, 1.807) is 6.20 Å². The average Bonchev–Trinajstić information content (AvgIpc) is 2.68. The molecule has 1 aromatic carbocycles. The Morgan fingerprint density at radius 3 is 2.44 bits per heavy atom. The highest BCUT2D eigenvalue weighted by Crippen LogP contribution is 2.20. The van der Waals surface area contributed by atoms with Gasteiger partial charge in [-0.1, -0.05) is 0 Å². The highest BCUT2D eigenvalue weighted by Gasteiger charge is 2.06. The molecule has 0 saturated heterocycles. The van der Waals surface area contributed by atoms with Gasteiger partial charge in [-0.05, 0) is 68.3 Å². The number of hydrogen-bond acceptors (Lipinski definition) is 6. The highest BCUT2D eigenvalue weighted by molar-refractivity contribution is 5.56. The SMILES string of the molecule is CC(C)Oc1ccc(Nc2nccc(N(C)CCc3ccncc3)n2)cc1. The quantitative estimate of drug-likeness (QED) is 0.651. The lowest BCUT2D eigenvalue weighted by atomic mass is 10.2. The fourth-order valence-corrected chi connectivity index (χ4v) is 2.60. The molecule has 0 aliphatic rings. The number of anilines is 3. The first-order valence-corrected chi connectivity index (χ1v) is 9.07. The average molecular weight is 363 g/mol. The summed E-state index contributed by atoms with van der Waals surface area (Å²) in [5, 5.41) is 3.24. The molecule has 1 N–H and O–H groups in total. The van der Waals surface area contributed by atoms with Gasteiger partial charge in [0.05, 0.1) is 6.10 Å². The zero-order valence-corrected chi connectivity index (χ0v) is 16.0. The van der Waals surface area contributed by atoms with Crippen molar-refractivity contribution in [2.45, 2.75) is 26.4 Å². The van der Waals surface area contributed by atoms with Crippen LogP contribution in [0.3, 0.4) is 0 Å². The van der Waals surface area contributed by atoms with Gasteiger partial charge in [0.2, 0.25) is 5.95 Å². The Morgan fingerprint density at radius 1 is 1.00 bits per heavy atom. The van der Waals surface area contributed by atoms with Crippen molar-refractivity contribution in [3.8, 4) is 5.75 Å². The maximum absolute atomic E-state index is 5.66. The van der Waals surface area contributed by atoms with Crippen molar-refractivity contribution in [2.75, 3.05) is 23.8 Å². The molecule has 0 atom stereocenters. The van der Waals surface area contributed by atoms with E-state index >= 15 is 0 Å². The van der Waals surface area contributed by atoms with Gasteiger partial charge in [-0.15, -0.1) is 0 Å². The standard InChI is InChI=1S/C21H25N5O/c1-16(2)27-19-6-4-18(5-7-19)24-21-23-14-10-20(25-21)26(3)15-11-17-8-12-22-13-9-17/h4-10,12-14,16H,11,15H2,1-3H3,(H,23,24,25). The maximum atomic E-state index is 5.66. The van der Waals surface area contributed by atoms with Crippen LogP contribution in [0.5, 0.6) is 5.75 Å². The normalized spacial score (nSPS) is 10.7. The van der Waals surface area contributed by atoms with Crippen molar-refractivity contribution in [2.24, 2.45) is 0 Å². The lowest BCUT2D eigenvalue weighted by Gasteiger charge is -2.18. The molecule has 2 heterocycles. The second kappa shape index (κ2) is 8.98. The van der Waals surface area contributed by atoms with Gasteiger partial charge in [-0.2, -0.15) is 4.98 Å². The maximum Gasteiger partial charge on any atom is 0.229 e. The van der Waals surface area contributed by atoms with Crippen LogP contribution in [0.25, 0.3) is 0 Å². The molecule has 6 heteroatoms. The van der Waals surface area contributed by atoms with Gasteiger partial charge >= 0.3 is 0 Å². The summed E-state index contributed by atoms with van der Waals surface area (Å²) >= 11 is 0. The number of nitrogens with zero attached hydrogens (tertiary/aromatic N) is 4. The van der Waals surface area contributed by atoms with E-state index in [0.717, 1.165) is 30.2 Å². The van der Waals surface area contributed by atoms with Gasteiger partial charge in [0.25, 0.3) is 0 Å². The van der Waals surface area contributed by atoms with Crippen LogP contribution in [0.2, 0.25) is 0 Å². The van der Waals surface area contributed by atoms with E-state index in [0.29, 0.717) is 5.95 Å². The van der Waals surface area contributed by atoms with Crippen molar-refractivity contribution >= 4 is 17.5 Å². The molecule has 0 amide bonds. The minimum Gasteiger partial charge on any atom is -0.491 e. The topological polar surface area (TPSA) is 63.2 Å². The summed E-state index contributed by atoms with van der Waals surface area (Å²) in [6, 6.07) is 13.8. The summed E-state index contributed by atoms with van der Waals surface area (Å²) in [4.78, 5) is 15.1. The third kappa shape index (κ3) is 5.67. The van der Waals surface area contributed by atoms with Gasteiger partial charge in [0.1, 0.15) is 11.6 Å². The predicted octanol–water partition coefficient (Wildman–Crippen LogP) is 4.08. The van der Waals surface area contributed by atoms with Gasteiger partial charge in [0.15, 0.2) is 0 Å². The lowest BCUT2D eigenvalue weighted by molar-refractivity contribution is 0.242. The molecule has 2 aromatic heterocycles. The smallest absolute Gasteiger partial charge is 0.229 e. The molecule has 3 aromatic rings. The molecule has 0 spiro atoms. The first-order valence-electron chi connectivity index (χ1n) is 9.07. The molecule has 0 bridgehead atoms. The minimum absolute atomic E-state index is 0.159. The summed E-state index contributed by atoms with van der Waals surface area (Å²) in [5.41, 5.74) is 2.18. The zero-order valence-electron chi connectivity index (χ0n) is 16.0. The predicted molar refractivity (Wildman–Crippen MR) is 109 cm³/mol. The van der Waals surface area contributed by atoms with E-state index in [-0.39, 0.29) is 6.10 Å². The first-order chi connectivity index (χ1) is 13.1. The Hall–Kier alpha value is -3.15. The number of nitrogens with one attached hydrogen (secondary N) is 1. The Morgan fingerprint density at radius 2 is 1.74 bits per heavy atom. The number of ether oxygens (including phenoxy) is 1. The monoisotopic (exact) mass is 363 g/mol. The van der Waals surface area contributed by atoms with Crippen LogP contribution >= 0.6 is 0 Å². The molecule has 0 fully saturated rings. The third-order valence-corrected chi connectivity index (χ3v) is 4.00. The van der Waals surface area contributed by atoms with Crippen LogP contribution in [-0.4, -0.2) is 34.6 Å². The Kier molecular flexibility index (Phi) is 6.20. The fraction of sp³-hybridized carbons (Fsp3) is 0.286. The van der Waals surface area contributed by atoms with Crippen LogP contribution in [0.1, 0.15) is 19.4 Å². The molecule has 0 aliphatic heterocycles. The van der Waals surface area contributed by atoms with Crippen molar-refractivity contribution < 1.29 is 4.74 Å². The van der Waals surface area contributed by atoms with Gasteiger partial charge in [-0.25, -0.2) is 4.98 Å². The van der Waals surface area contributed by atoms with Gasteiger partial charge in [0, 0.05) is 37.9 Å². The molecular formula is C21H25N5O. The van der Waals surface area contributed by atoms with Crippen molar-refractivity contribution in [1.29, 1.82) is 0 Å². The second-order valence-corrected chi connectivity index (χ2v) is 6.58. The summed E-state index contributed by atoms with van der Waals surface area (Å²) in [6.07, 6.45) is 6.50. The highest BCUT2D eigenvalue weighted by atomic mass is 16.5. The van der Waals surface area contributed by atoms with Crippen LogP contribution < -0.4 is 15.0 Å². The first kappa shape index (κ1) is 18.6. The molecule has 140 valence electrons. The zero-order chi connectivity index (χ0) is 19.1. The molecule has 0 aliphatic carbocycles. The third-order valence-electron chi connectivity index (χ3n) is 4.00. The second-order valence-electron chi connectivity index (χ2n) is 6.58. The van der Waals surface area contributed by atoms with E-state index in [9.17, 15) is 0 Å². The molecule has 0 saturated carbocycles. The fourth-order valence-electron chi connectivity index (χ4n) is 2.60. The summed E-state index contributed by atoms with van der Waals surface area (Å²) in [6.45, 7) is 4.88. The molecule has 3 rings (SSSR count). The Bertz CT molecular complexity index is 837. The van der Waals surface area contributed by atoms with Crippen molar-refractivity contribution in [1.82, 2.24) is 15.0 Å². The number of hydrogen-bond donors (Lipinski definition) is 1. The van der Waals surface area contributed by atoms with E-state index in [4.69, 9.17) is 4.74 Å². The van der Waals surface area contributed by atoms with Crippen molar-refractivity contribution in [3.63, 3.8) is 0 Å². The minimum atomic E-state index is 0.159. The Balaban J connectivity index is 1.61. The summed E-state index contributed by atoms with van der Waals surface area (Å²) in [5.74, 6) is 2.29. The summed E-state index contributed by atoms with van der Waals surface area (Å²) in [7, 11) is 2.03. The number of likely N-dealkylation sites (N-methyl/N-ethyl adjacent to an activating group) is 1. The largest absolute Gasteiger partial charge is 0.491 e. The molecule has 0 radical (unpaired) electrons. The molecule has 0 unspecified atom stereocenters. The van der Waals surface area contributed by atoms with E-state index in [1.807, 2.05) is 75.8 Å². The van der Waals surface area contributed by atoms with Gasteiger partial charge in [-0.3, -0.25) is 4.98 Å². The molecule has 27 heavy (non-hydrogen) atoms.